The topological polar surface area (TPSA) is 101 Å². The molecule has 0 spiro atoms. The molecule has 4 heterocycles. The summed E-state index contributed by atoms with van der Waals surface area (Å²) in [5.41, 5.74) is 13.4. The summed E-state index contributed by atoms with van der Waals surface area (Å²) < 4.78 is 13.1. The molecule has 2 N–H and O–H groups in total. The summed E-state index contributed by atoms with van der Waals surface area (Å²) in [5, 5.41) is 4.72. The van der Waals surface area contributed by atoms with Gasteiger partial charge in [0.1, 0.15) is 11.0 Å². The molecule has 0 unspecified atom stereocenters. The Hall–Kier alpha value is -3.68. The van der Waals surface area contributed by atoms with Crippen LogP contribution in [0.25, 0.3) is 22.3 Å². The van der Waals surface area contributed by atoms with Crippen LogP contribution in [-0.2, 0) is 6.42 Å². The zero-order valence-electron chi connectivity index (χ0n) is 19.1. The molecule has 0 bridgehead atoms. The lowest BCUT2D eigenvalue weighted by atomic mass is 9.97. The average molecular weight is 433 g/mol. The molecule has 0 saturated heterocycles. The minimum Gasteiger partial charge on any atom is -0.481 e. The molecular weight excluding hydrogens is 404 g/mol. The van der Waals surface area contributed by atoms with Crippen molar-refractivity contribution in [2.45, 2.75) is 40.2 Å². The monoisotopic (exact) mass is 432 g/mol. The number of methoxy groups -OCH3 is 1. The Labute approximate surface area is 187 Å². The van der Waals surface area contributed by atoms with E-state index in [1.54, 1.807) is 19.5 Å². The van der Waals surface area contributed by atoms with Gasteiger partial charge < -0.3 is 15.2 Å². The van der Waals surface area contributed by atoms with Crippen molar-refractivity contribution in [2.24, 2.45) is 0 Å². The van der Waals surface area contributed by atoms with Crippen LogP contribution in [0.4, 0.5) is 5.69 Å². The van der Waals surface area contributed by atoms with Gasteiger partial charge in [-0.25, -0.2) is 15.0 Å². The summed E-state index contributed by atoms with van der Waals surface area (Å²) in [5.74, 6) is 1.08. The quantitative estimate of drug-likeness (QED) is 0.463. The summed E-state index contributed by atoms with van der Waals surface area (Å²) in [6.07, 6.45) is 3.99. The van der Waals surface area contributed by atoms with Crippen LogP contribution in [0.15, 0.2) is 36.7 Å². The molecule has 0 amide bonds. The van der Waals surface area contributed by atoms with Crippen molar-refractivity contribution in [1.82, 2.24) is 24.7 Å². The van der Waals surface area contributed by atoms with Gasteiger partial charge in [0.2, 0.25) is 11.8 Å². The molecule has 166 valence electrons. The van der Waals surface area contributed by atoms with Gasteiger partial charge in [0, 0.05) is 36.5 Å². The first kappa shape index (κ1) is 21.5. The van der Waals surface area contributed by atoms with E-state index in [1.165, 1.54) is 0 Å². The van der Waals surface area contributed by atoms with E-state index in [1.807, 2.05) is 42.8 Å². The van der Waals surface area contributed by atoms with E-state index in [-0.39, 0.29) is 6.04 Å². The molecule has 4 rings (SSSR count). The van der Waals surface area contributed by atoms with E-state index in [4.69, 9.17) is 25.3 Å². The van der Waals surface area contributed by atoms with Crippen molar-refractivity contribution >= 4 is 16.7 Å². The lowest BCUT2D eigenvalue weighted by Crippen LogP contribution is -2.09. The Kier molecular flexibility index (Phi) is 5.94. The second kappa shape index (κ2) is 8.82. The van der Waals surface area contributed by atoms with Crippen molar-refractivity contribution in [3.8, 4) is 23.0 Å². The highest BCUT2D eigenvalue weighted by Crippen LogP contribution is 2.38. The Bertz CT molecular complexity index is 1270. The normalized spacial score (nSPS) is 11.3. The van der Waals surface area contributed by atoms with Crippen LogP contribution in [0.1, 0.15) is 43.6 Å². The summed E-state index contributed by atoms with van der Waals surface area (Å²) >= 11 is 0. The fourth-order valence-electron chi connectivity index (χ4n) is 3.85. The average Bonchev–Trinajstić information content (AvgIpc) is 3.13. The zero-order valence-corrected chi connectivity index (χ0v) is 19.1. The van der Waals surface area contributed by atoms with Gasteiger partial charge in [0.05, 0.1) is 36.4 Å². The first-order valence-corrected chi connectivity index (χ1v) is 10.7. The third kappa shape index (κ3) is 3.84. The number of hydrogen-bond donors (Lipinski definition) is 1. The Morgan fingerprint density at radius 2 is 1.97 bits per heavy atom. The number of fused-ring (bicyclic) bond motifs is 1. The molecule has 8 nitrogen and oxygen atoms in total. The van der Waals surface area contributed by atoms with E-state index in [9.17, 15) is 0 Å². The van der Waals surface area contributed by atoms with Gasteiger partial charge in [0.15, 0.2) is 0 Å². The maximum Gasteiger partial charge on any atom is 0.222 e. The number of nitrogen functional groups attached to an aromatic ring is 1. The molecule has 4 aromatic heterocycles. The Morgan fingerprint density at radius 1 is 1.16 bits per heavy atom. The van der Waals surface area contributed by atoms with Gasteiger partial charge in [-0.15, -0.1) is 0 Å². The number of aromatic nitrogens is 5. The van der Waals surface area contributed by atoms with E-state index < -0.39 is 0 Å². The summed E-state index contributed by atoms with van der Waals surface area (Å²) in [4.78, 5) is 13.7. The molecule has 0 aliphatic carbocycles. The molecule has 0 aliphatic heterocycles. The van der Waals surface area contributed by atoms with Crippen molar-refractivity contribution in [1.29, 1.82) is 0 Å². The van der Waals surface area contributed by atoms with E-state index >= 15 is 0 Å². The maximum atomic E-state index is 6.84. The smallest absolute Gasteiger partial charge is 0.222 e. The van der Waals surface area contributed by atoms with Gasteiger partial charge in [-0.2, -0.15) is 5.10 Å². The lowest BCUT2D eigenvalue weighted by Gasteiger charge is -2.17. The highest BCUT2D eigenvalue weighted by molar-refractivity contribution is 5.95. The minimum atomic E-state index is 0.146. The number of pyridine rings is 3. The molecule has 0 saturated carbocycles. The fourth-order valence-corrected chi connectivity index (χ4v) is 3.85. The van der Waals surface area contributed by atoms with E-state index in [0.29, 0.717) is 30.5 Å². The van der Waals surface area contributed by atoms with Crippen LogP contribution in [0, 0.1) is 6.92 Å². The summed E-state index contributed by atoms with van der Waals surface area (Å²) in [7, 11) is 1.60. The van der Waals surface area contributed by atoms with Crippen LogP contribution in [0.3, 0.4) is 0 Å². The number of ether oxygens (including phenoxy) is 2. The van der Waals surface area contributed by atoms with E-state index in [0.717, 1.165) is 39.1 Å². The number of nitrogens with zero attached hydrogens (tertiary/aromatic N) is 5. The third-order valence-corrected chi connectivity index (χ3v) is 5.33. The first-order chi connectivity index (χ1) is 15.4. The number of rotatable bonds is 7. The van der Waals surface area contributed by atoms with Crippen molar-refractivity contribution < 1.29 is 9.47 Å². The Morgan fingerprint density at radius 3 is 2.69 bits per heavy atom. The van der Waals surface area contributed by atoms with Gasteiger partial charge in [-0.3, -0.25) is 4.68 Å². The first-order valence-electron chi connectivity index (χ1n) is 10.7. The number of nitrogens with two attached hydrogens (primary N) is 1. The Balaban J connectivity index is 2.01. The molecule has 0 radical (unpaired) electrons. The third-order valence-electron chi connectivity index (χ3n) is 5.33. The van der Waals surface area contributed by atoms with Crippen molar-refractivity contribution in [3.05, 3.63) is 53.5 Å². The van der Waals surface area contributed by atoms with Crippen LogP contribution in [0.2, 0.25) is 0 Å². The van der Waals surface area contributed by atoms with Crippen LogP contribution in [-0.4, -0.2) is 38.4 Å². The van der Waals surface area contributed by atoms with Gasteiger partial charge in [-0.1, -0.05) is 0 Å². The predicted molar refractivity (Wildman–Crippen MR) is 125 cm³/mol. The van der Waals surface area contributed by atoms with E-state index in [2.05, 4.69) is 23.8 Å². The molecule has 8 heteroatoms. The minimum absolute atomic E-state index is 0.146. The summed E-state index contributed by atoms with van der Waals surface area (Å²) in [6, 6.07) is 7.85. The van der Waals surface area contributed by atoms with Crippen LogP contribution in [0.5, 0.6) is 11.8 Å². The molecule has 0 atom stereocenters. The highest BCUT2D eigenvalue weighted by atomic mass is 16.5. The highest BCUT2D eigenvalue weighted by Gasteiger charge is 2.23. The van der Waals surface area contributed by atoms with Crippen molar-refractivity contribution in [2.75, 3.05) is 19.5 Å². The predicted octanol–water partition coefficient (Wildman–Crippen LogP) is 4.36. The van der Waals surface area contributed by atoms with Crippen LogP contribution >= 0.6 is 0 Å². The van der Waals surface area contributed by atoms with Gasteiger partial charge in [-0.05, 0) is 51.5 Å². The second-order valence-corrected chi connectivity index (χ2v) is 7.85. The standard InChI is InChI=1S/C24H28N6O2/c1-6-32-24-17(8-7-10-27-24)22-18(12-16-9-11-26-19(13-16)31-5)20(25)23-21(28-22)15(4)29-30(23)14(2)3/h7-11,13-14H,6,12H2,1-5H3,(H2,25,28). The zero-order chi connectivity index (χ0) is 22.8. The molecule has 32 heavy (non-hydrogen) atoms. The number of aryl methyl sites for hydroxylation is 1. The van der Waals surface area contributed by atoms with Crippen LogP contribution < -0.4 is 15.2 Å². The number of anilines is 1. The van der Waals surface area contributed by atoms with Gasteiger partial charge in [0.25, 0.3) is 0 Å². The maximum absolute atomic E-state index is 6.84. The lowest BCUT2D eigenvalue weighted by molar-refractivity contribution is 0.328. The number of hydrogen-bond acceptors (Lipinski definition) is 7. The fraction of sp³-hybridized carbons (Fsp3) is 0.333. The molecule has 0 fully saturated rings. The second-order valence-electron chi connectivity index (χ2n) is 7.85. The SMILES string of the molecule is CCOc1ncccc1-c1nc2c(C)nn(C(C)C)c2c(N)c1Cc1ccnc(OC)c1. The largest absolute Gasteiger partial charge is 0.481 e. The molecule has 0 aliphatic rings. The molecule has 4 aromatic rings. The van der Waals surface area contributed by atoms with Crippen molar-refractivity contribution in [3.63, 3.8) is 0 Å². The molecular formula is C24H28N6O2. The van der Waals surface area contributed by atoms with Gasteiger partial charge >= 0.3 is 0 Å². The summed E-state index contributed by atoms with van der Waals surface area (Å²) in [6.45, 7) is 8.56. The molecule has 0 aromatic carbocycles.